The highest BCUT2D eigenvalue weighted by molar-refractivity contribution is 8.00. The molecule has 0 aliphatic carbocycles. The fourth-order valence-corrected chi connectivity index (χ4v) is 3.07. The number of carbonyl (C=O) groups excluding carboxylic acids is 2. The van der Waals surface area contributed by atoms with Crippen LogP contribution >= 0.6 is 24.2 Å². The van der Waals surface area contributed by atoms with Crippen molar-refractivity contribution in [2.75, 3.05) is 38.3 Å². The molecular weight excluding hydrogens is 386 g/mol. The summed E-state index contributed by atoms with van der Waals surface area (Å²) in [7, 11) is 3.41. The Balaban J connectivity index is 0.00000364. The van der Waals surface area contributed by atoms with E-state index in [-0.39, 0.29) is 30.0 Å². The smallest absolute Gasteiger partial charge is 0.252 e. The molecule has 2 rings (SSSR count). The predicted molar refractivity (Wildman–Crippen MR) is 112 cm³/mol. The van der Waals surface area contributed by atoms with E-state index in [0.717, 1.165) is 4.90 Å². The van der Waals surface area contributed by atoms with E-state index in [4.69, 9.17) is 4.74 Å². The van der Waals surface area contributed by atoms with Crippen molar-refractivity contribution in [1.29, 1.82) is 0 Å². The molecule has 0 bridgehead atoms. The van der Waals surface area contributed by atoms with Gasteiger partial charge in [0.15, 0.2) is 0 Å². The number of likely N-dealkylation sites (N-methyl/N-ethyl adjacent to an activating group) is 1. The van der Waals surface area contributed by atoms with Crippen LogP contribution in [0.2, 0.25) is 0 Å². The summed E-state index contributed by atoms with van der Waals surface area (Å²) in [5.74, 6) is 0.599. The maximum absolute atomic E-state index is 12.3. The second-order valence-electron chi connectivity index (χ2n) is 5.42. The van der Waals surface area contributed by atoms with Crippen molar-refractivity contribution in [2.24, 2.45) is 0 Å². The van der Waals surface area contributed by atoms with Crippen LogP contribution in [0.25, 0.3) is 0 Å². The second kappa shape index (κ2) is 12.2. The van der Waals surface area contributed by atoms with E-state index >= 15 is 0 Å². The Morgan fingerprint density at radius 2 is 1.85 bits per heavy atom. The van der Waals surface area contributed by atoms with Crippen LogP contribution in [-0.4, -0.2) is 44.8 Å². The predicted octanol–water partition coefficient (Wildman–Crippen LogP) is 2.80. The average molecular weight is 410 g/mol. The minimum Gasteiger partial charge on any atom is -0.497 e. The first-order valence-corrected chi connectivity index (χ1v) is 9.21. The van der Waals surface area contributed by atoms with Crippen molar-refractivity contribution in [1.82, 2.24) is 10.6 Å². The van der Waals surface area contributed by atoms with E-state index in [9.17, 15) is 9.59 Å². The highest BCUT2D eigenvalue weighted by atomic mass is 35.5. The third kappa shape index (κ3) is 7.50. The SMILES string of the molecule is CNCCNC(=O)c1ccccc1SCC(=O)Nc1cccc(OC)c1.Cl. The molecule has 0 heterocycles. The molecule has 0 fully saturated rings. The van der Waals surface area contributed by atoms with Gasteiger partial charge in [0.05, 0.1) is 18.4 Å². The molecule has 0 saturated carbocycles. The molecule has 2 aromatic rings. The Labute approximate surface area is 169 Å². The number of ether oxygens (including phenoxy) is 1. The Hall–Kier alpha value is -2.22. The molecule has 6 nitrogen and oxygen atoms in total. The van der Waals surface area contributed by atoms with Gasteiger partial charge in [0, 0.05) is 29.7 Å². The van der Waals surface area contributed by atoms with Gasteiger partial charge in [-0.15, -0.1) is 24.2 Å². The topological polar surface area (TPSA) is 79.5 Å². The molecule has 2 amide bonds. The molecule has 8 heteroatoms. The summed E-state index contributed by atoms with van der Waals surface area (Å²) in [6.07, 6.45) is 0. The maximum atomic E-state index is 12.3. The van der Waals surface area contributed by atoms with Crippen LogP contribution in [-0.2, 0) is 4.79 Å². The summed E-state index contributed by atoms with van der Waals surface area (Å²) in [5.41, 5.74) is 1.25. The third-order valence-electron chi connectivity index (χ3n) is 3.50. The minimum atomic E-state index is -0.145. The van der Waals surface area contributed by atoms with Gasteiger partial charge in [-0.2, -0.15) is 0 Å². The highest BCUT2D eigenvalue weighted by Crippen LogP contribution is 2.23. The van der Waals surface area contributed by atoms with Gasteiger partial charge < -0.3 is 20.7 Å². The van der Waals surface area contributed by atoms with E-state index in [1.165, 1.54) is 11.8 Å². The number of rotatable bonds is 9. The molecule has 0 aliphatic rings. The van der Waals surface area contributed by atoms with Gasteiger partial charge in [-0.25, -0.2) is 0 Å². The highest BCUT2D eigenvalue weighted by Gasteiger charge is 2.12. The van der Waals surface area contributed by atoms with Gasteiger partial charge in [-0.05, 0) is 31.3 Å². The number of nitrogens with one attached hydrogen (secondary N) is 3. The summed E-state index contributed by atoms with van der Waals surface area (Å²) in [5, 5.41) is 8.66. The molecule has 0 spiro atoms. The summed E-state index contributed by atoms with van der Waals surface area (Å²) < 4.78 is 5.14. The number of halogens is 1. The molecular formula is C19H24ClN3O3S. The third-order valence-corrected chi connectivity index (χ3v) is 4.58. The largest absolute Gasteiger partial charge is 0.497 e. The van der Waals surface area contributed by atoms with Crippen LogP contribution in [0.4, 0.5) is 5.69 Å². The lowest BCUT2D eigenvalue weighted by atomic mass is 10.2. The van der Waals surface area contributed by atoms with Crippen LogP contribution in [0.1, 0.15) is 10.4 Å². The van der Waals surface area contributed by atoms with Gasteiger partial charge >= 0.3 is 0 Å². The number of amides is 2. The van der Waals surface area contributed by atoms with Crippen LogP contribution < -0.4 is 20.7 Å². The lowest BCUT2D eigenvalue weighted by Gasteiger charge is -2.10. The monoisotopic (exact) mass is 409 g/mol. The van der Waals surface area contributed by atoms with E-state index in [0.29, 0.717) is 30.1 Å². The number of anilines is 1. The molecule has 0 unspecified atom stereocenters. The first-order chi connectivity index (χ1) is 12.6. The fourth-order valence-electron chi connectivity index (χ4n) is 2.22. The lowest BCUT2D eigenvalue weighted by Crippen LogP contribution is -2.30. The van der Waals surface area contributed by atoms with Crippen LogP contribution in [0.3, 0.4) is 0 Å². The number of carbonyl (C=O) groups is 2. The molecule has 0 aromatic heterocycles. The molecule has 0 aliphatic heterocycles. The first kappa shape index (κ1) is 22.8. The van der Waals surface area contributed by atoms with Gasteiger partial charge in [0.2, 0.25) is 5.91 Å². The minimum absolute atomic E-state index is 0. The maximum Gasteiger partial charge on any atom is 0.252 e. The Morgan fingerprint density at radius 1 is 1.07 bits per heavy atom. The number of thioether (sulfide) groups is 1. The van der Waals surface area contributed by atoms with Crippen molar-refractivity contribution in [3.63, 3.8) is 0 Å². The normalized spacial score (nSPS) is 9.85. The fraction of sp³-hybridized carbons (Fsp3) is 0.263. The van der Waals surface area contributed by atoms with E-state index in [1.54, 1.807) is 25.3 Å². The summed E-state index contributed by atoms with van der Waals surface area (Å²) in [6, 6.07) is 14.5. The zero-order valence-corrected chi connectivity index (χ0v) is 16.9. The number of hydrogen-bond acceptors (Lipinski definition) is 5. The van der Waals surface area contributed by atoms with Gasteiger partial charge in [0.1, 0.15) is 5.75 Å². The number of benzene rings is 2. The second-order valence-corrected chi connectivity index (χ2v) is 6.44. The van der Waals surface area contributed by atoms with Crippen molar-refractivity contribution in [3.05, 3.63) is 54.1 Å². The van der Waals surface area contributed by atoms with Crippen molar-refractivity contribution in [2.45, 2.75) is 4.90 Å². The van der Waals surface area contributed by atoms with Crippen LogP contribution in [0.15, 0.2) is 53.4 Å². The first-order valence-electron chi connectivity index (χ1n) is 8.22. The van der Waals surface area contributed by atoms with Crippen molar-refractivity contribution in [3.8, 4) is 5.75 Å². The summed E-state index contributed by atoms with van der Waals surface area (Å²) in [6.45, 7) is 1.24. The average Bonchev–Trinajstić information content (AvgIpc) is 2.67. The standard InChI is InChI=1S/C19H23N3O3S.ClH/c1-20-10-11-21-19(24)16-8-3-4-9-17(16)26-13-18(23)22-14-6-5-7-15(12-14)25-2;/h3-9,12,20H,10-11,13H2,1-2H3,(H,21,24)(H,22,23);1H. The molecule has 0 radical (unpaired) electrons. The summed E-state index contributed by atoms with van der Waals surface area (Å²) >= 11 is 1.33. The van der Waals surface area contributed by atoms with E-state index < -0.39 is 0 Å². The van der Waals surface area contributed by atoms with Gasteiger partial charge in [-0.3, -0.25) is 9.59 Å². The zero-order valence-electron chi connectivity index (χ0n) is 15.3. The van der Waals surface area contributed by atoms with Crippen molar-refractivity contribution < 1.29 is 14.3 Å². The molecule has 146 valence electrons. The zero-order chi connectivity index (χ0) is 18.8. The lowest BCUT2D eigenvalue weighted by molar-refractivity contribution is -0.113. The quantitative estimate of drug-likeness (QED) is 0.438. The molecule has 0 atom stereocenters. The van der Waals surface area contributed by atoms with Gasteiger partial charge in [0.25, 0.3) is 5.91 Å². The number of methoxy groups -OCH3 is 1. The van der Waals surface area contributed by atoms with Crippen LogP contribution in [0, 0.1) is 0 Å². The van der Waals surface area contributed by atoms with Gasteiger partial charge in [-0.1, -0.05) is 18.2 Å². The van der Waals surface area contributed by atoms with Crippen LogP contribution in [0.5, 0.6) is 5.75 Å². The Bertz CT molecular complexity index is 758. The Kier molecular flexibility index (Phi) is 10.3. The summed E-state index contributed by atoms with van der Waals surface area (Å²) in [4.78, 5) is 25.2. The van der Waals surface area contributed by atoms with E-state index in [1.807, 2.05) is 37.4 Å². The van der Waals surface area contributed by atoms with E-state index in [2.05, 4.69) is 16.0 Å². The molecule has 27 heavy (non-hydrogen) atoms. The van der Waals surface area contributed by atoms with Crippen molar-refractivity contribution >= 4 is 41.7 Å². The Morgan fingerprint density at radius 3 is 2.59 bits per heavy atom. The molecule has 3 N–H and O–H groups in total. The molecule has 2 aromatic carbocycles. The molecule has 0 saturated heterocycles. The number of hydrogen-bond donors (Lipinski definition) is 3.